The van der Waals surface area contributed by atoms with Crippen LogP contribution in [0, 0.1) is 4.91 Å². The molecule has 0 spiro atoms. The number of aromatic nitrogens is 3. The van der Waals surface area contributed by atoms with Crippen molar-refractivity contribution in [3.63, 3.8) is 0 Å². The molecule has 10 heteroatoms. The topological polar surface area (TPSA) is 105 Å². The van der Waals surface area contributed by atoms with Gasteiger partial charge in [-0.05, 0) is 26.0 Å². The summed E-state index contributed by atoms with van der Waals surface area (Å²) < 4.78 is 0. The standard InChI is InChI=1S/C20H22ClN6O3/c1-11-9-25(10-12(2)26(11)13(3)28)18-5-4-17(27(29)30)19(24-18)16-8-23-20-15(16)6-14(21)7-22-20/h4-8,11-12H,9-10H2,1-3H3,(H,22,23)(H,29,30)/q+1/t11-,12+. The largest absolute Gasteiger partial charge is 0.352 e. The zero-order valence-corrected chi connectivity index (χ0v) is 17.6. The summed E-state index contributed by atoms with van der Waals surface area (Å²) in [6, 6.07) is 5.00. The molecule has 156 valence electrons. The molecule has 9 nitrogen and oxygen atoms in total. The van der Waals surface area contributed by atoms with Crippen molar-refractivity contribution in [2.24, 2.45) is 0 Å². The Balaban J connectivity index is 1.78. The zero-order chi connectivity index (χ0) is 21.6. The van der Waals surface area contributed by atoms with E-state index in [0.29, 0.717) is 46.2 Å². The molecule has 4 rings (SSSR count). The van der Waals surface area contributed by atoms with Crippen LogP contribution >= 0.6 is 11.6 Å². The maximum Gasteiger partial charge on any atom is 0.342 e. The first-order valence-corrected chi connectivity index (χ1v) is 9.98. The number of nitrogens with zero attached hydrogens (tertiary/aromatic N) is 5. The molecule has 1 fully saturated rings. The summed E-state index contributed by atoms with van der Waals surface area (Å²) in [4.78, 5) is 39.5. The summed E-state index contributed by atoms with van der Waals surface area (Å²) >= 11 is 6.10. The third kappa shape index (κ3) is 3.45. The highest BCUT2D eigenvalue weighted by Crippen LogP contribution is 2.35. The molecule has 2 atom stereocenters. The number of hydrogen-bond acceptors (Lipinski definition) is 5. The van der Waals surface area contributed by atoms with Crippen molar-refractivity contribution < 1.29 is 14.9 Å². The number of fused-ring (bicyclic) bond motifs is 1. The Morgan fingerprint density at radius 1 is 1.30 bits per heavy atom. The molecular weight excluding hydrogens is 408 g/mol. The summed E-state index contributed by atoms with van der Waals surface area (Å²) in [6.07, 6.45) is 3.21. The van der Waals surface area contributed by atoms with E-state index >= 15 is 0 Å². The van der Waals surface area contributed by atoms with Crippen molar-refractivity contribution in [3.05, 3.63) is 40.5 Å². The number of anilines is 1. The zero-order valence-electron chi connectivity index (χ0n) is 16.8. The lowest BCUT2D eigenvalue weighted by Crippen LogP contribution is -2.58. The Morgan fingerprint density at radius 3 is 2.63 bits per heavy atom. The molecule has 0 aromatic carbocycles. The molecule has 1 aliphatic rings. The van der Waals surface area contributed by atoms with Crippen molar-refractivity contribution in [2.45, 2.75) is 32.9 Å². The van der Waals surface area contributed by atoms with E-state index in [-0.39, 0.29) is 28.6 Å². The van der Waals surface area contributed by atoms with Crippen LogP contribution in [0.25, 0.3) is 22.3 Å². The van der Waals surface area contributed by atoms with Crippen LogP contribution in [0.1, 0.15) is 20.8 Å². The molecule has 0 bridgehead atoms. The summed E-state index contributed by atoms with van der Waals surface area (Å²) in [5.41, 5.74) is 1.54. The van der Waals surface area contributed by atoms with E-state index in [0.717, 1.165) is 0 Å². The predicted octanol–water partition coefficient (Wildman–Crippen LogP) is 3.52. The number of amides is 1. The van der Waals surface area contributed by atoms with E-state index in [4.69, 9.17) is 16.6 Å². The van der Waals surface area contributed by atoms with Crippen LogP contribution < -0.4 is 4.90 Å². The number of hydrogen-bond donors (Lipinski definition) is 2. The van der Waals surface area contributed by atoms with E-state index in [2.05, 4.69) is 14.9 Å². The minimum absolute atomic E-state index is 0.0149. The van der Waals surface area contributed by atoms with Gasteiger partial charge in [-0.3, -0.25) is 4.79 Å². The smallest absolute Gasteiger partial charge is 0.342 e. The van der Waals surface area contributed by atoms with Gasteiger partial charge in [0.1, 0.15) is 11.5 Å². The normalized spacial score (nSPS) is 19.3. The van der Waals surface area contributed by atoms with Gasteiger partial charge in [-0.25, -0.2) is 15.2 Å². The van der Waals surface area contributed by atoms with E-state index < -0.39 is 0 Å². The second-order valence-electron chi connectivity index (χ2n) is 7.59. The first-order chi connectivity index (χ1) is 14.3. The minimum atomic E-state index is -0.193. The monoisotopic (exact) mass is 429 g/mol. The van der Waals surface area contributed by atoms with E-state index in [1.165, 1.54) is 12.3 Å². The Labute approximate surface area is 177 Å². The lowest BCUT2D eigenvalue weighted by atomic mass is 10.1. The molecule has 1 saturated heterocycles. The number of H-pyrrole nitrogens is 1. The Morgan fingerprint density at radius 2 is 2.00 bits per heavy atom. The molecule has 2 N–H and O–H groups in total. The van der Waals surface area contributed by atoms with Gasteiger partial charge in [0.05, 0.1) is 9.93 Å². The number of rotatable bonds is 3. The molecule has 4 heterocycles. The van der Waals surface area contributed by atoms with Crippen molar-refractivity contribution >= 4 is 40.0 Å². The maximum atomic E-state index is 11.9. The fourth-order valence-corrected chi connectivity index (χ4v) is 4.43. The van der Waals surface area contributed by atoms with Crippen LogP contribution in [-0.4, -0.2) is 61.1 Å². The van der Waals surface area contributed by atoms with Gasteiger partial charge >= 0.3 is 5.69 Å². The Bertz CT molecular complexity index is 1130. The quantitative estimate of drug-likeness (QED) is 0.617. The second kappa shape index (κ2) is 7.56. The summed E-state index contributed by atoms with van der Waals surface area (Å²) in [7, 11) is 0. The Hall–Kier alpha value is -3.20. The van der Waals surface area contributed by atoms with Gasteiger partial charge in [-0.1, -0.05) is 11.6 Å². The van der Waals surface area contributed by atoms with Crippen molar-refractivity contribution in [2.75, 3.05) is 18.0 Å². The first kappa shape index (κ1) is 20.1. The minimum Gasteiger partial charge on any atom is -0.352 e. The lowest BCUT2D eigenvalue weighted by molar-refractivity contribution is -0.729. The van der Waals surface area contributed by atoms with Crippen molar-refractivity contribution in [1.82, 2.24) is 19.9 Å². The number of carbonyl (C=O) groups excluding carboxylic acids is 1. The molecule has 0 saturated carbocycles. The van der Waals surface area contributed by atoms with Crippen molar-refractivity contribution in [1.29, 1.82) is 0 Å². The molecule has 1 aliphatic heterocycles. The van der Waals surface area contributed by atoms with E-state index in [9.17, 15) is 14.9 Å². The van der Waals surface area contributed by atoms with Gasteiger partial charge in [-0.2, -0.15) is 0 Å². The van der Waals surface area contributed by atoms with Crippen LogP contribution in [0.5, 0.6) is 0 Å². The van der Waals surface area contributed by atoms with Gasteiger partial charge in [0.2, 0.25) is 5.91 Å². The molecular formula is C20H22ClN6O3+. The van der Waals surface area contributed by atoms with Crippen LogP contribution in [0.2, 0.25) is 5.02 Å². The third-order valence-corrected chi connectivity index (χ3v) is 5.63. The average Bonchev–Trinajstić information content (AvgIpc) is 3.09. The Kier molecular flexibility index (Phi) is 5.07. The number of aromatic amines is 1. The molecule has 3 aromatic heterocycles. The molecule has 0 aliphatic carbocycles. The van der Waals surface area contributed by atoms with Crippen LogP contribution in [0.4, 0.5) is 11.5 Å². The number of nitrogens with one attached hydrogen (secondary N) is 1. The summed E-state index contributed by atoms with van der Waals surface area (Å²) in [5.74, 6) is 0.700. The highest BCUT2D eigenvalue weighted by Gasteiger charge is 2.33. The molecule has 30 heavy (non-hydrogen) atoms. The van der Waals surface area contributed by atoms with Gasteiger partial charge in [0, 0.05) is 61.5 Å². The number of carbonyl (C=O) groups is 1. The maximum absolute atomic E-state index is 11.9. The van der Waals surface area contributed by atoms with E-state index in [1.54, 1.807) is 25.3 Å². The van der Waals surface area contributed by atoms with Crippen LogP contribution in [0.3, 0.4) is 0 Å². The third-order valence-electron chi connectivity index (χ3n) is 5.42. The van der Waals surface area contributed by atoms with Gasteiger partial charge < -0.3 is 14.8 Å². The van der Waals surface area contributed by atoms with Crippen LogP contribution in [0.15, 0.2) is 30.6 Å². The number of pyridine rings is 2. The lowest BCUT2D eigenvalue weighted by Gasteiger charge is -2.44. The highest BCUT2D eigenvalue weighted by molar-refractivity contribution is 6.31. The summed E-state index contributed by atoms with van der Waals surface area (Å²) in [6.45, 7) is 6.79. The summed E-state index contributed by atoms with van der Waals surface area (Å²) in [5, 5.41) is 10.8. The first-order valence-electron chi connectivity index (χ1n) is 9.60. The SMILES string of the molecule is CC(=O)N1[C@H](C)CN(c2ccc([N+](=O)O)c(-c3c[nH]c4ncc(Cl)cc34)n2)C[C@@H]1C. The fraction of sp³-hybridized carbons (Fsp3) is 0.350. The van der Waals surface area contributed by atoms with E-state index in [1.807, 2.05) is 18.7 Å². The van der Waals surface area contributed by atoms with Gasteiger partial charge in [0.25, 0.3) is 4.92 Å². The molecule has 0 radical (unpaired) electrons. The molecule has 0 unspecified atom stereocenters. The van der Waals surface area contributed by atoms with Gasteiger partial charge in [0.15, 0.2) is 5.69 Å². The van der Waals surface area contributed by atoms with Crippen LogP contribution in [-0.2, 0) is 4.79 Å². The second-order valence-corrected chi connectivity index (χ2v) is 8.03. The predicted molar refractivity (Wildman–Crippen MR) is 113 cm³/mol. The average molecular weight is 430 g/mol. The highest BCUT2D eigenvalue weighted by atomic mass is 35.5. The molecule has 3 aromatic rings. The number of halogens is 1. The van der Waals surface area contributed by atoms with Crippen molar-refractivity contribution in [3.8, 4) is 11.3 Å². The van der Waals surface area contributed by atoms with Gasteiger partial charge in [-0.15, -0.1) is 0 Å². The molecule has 1 amide bonds. The fourth-order valence-electron chi connectivity index (χ4n) is 4.27. The number of piperazine rings is 1.